The van der Waals surface area contributed by atoms with Gasteiger partial charge in [-0.05, 0) is 43.9 Å². The van der Waals surface area contributed by atoms with Crippen LogP contribution in [0.25, 0.3) is 0 Å². The zero-order valence-electron chi connectivity index (χ0n) is 14.1. The molecule has 2 fully saturated rings. The molecule has 2 N–H and O–H groups in total. The van der Waals surface area contributed by atoms with Crippen molar-refractivity contribution >= 4 is 41.1 Å². The van der Waals surface area contributed by atoms with Crippen molar-refractivity contribution in [2.75, 3.05) is 18.5 Å². The highest BCUT2D eigenvalue weighted by Crippen LogP contribution is 2.42. The van der Waals surface area contributed by atoms with E-state index in [2.05, 4.69) is 10.6 Å². The summed E-state index contributed by atoms with van der Waals surface area (Å²) >= 11 is 5.82. The van der Waals surface area contributed by atoms with E-state index in [1.807, 2.05) is 0 Å². The normalized spacial score (nSPS) is 22.2. The molecule has 1 saturated heterocycles. The van der Waals surface area contributed by atoms with Crippen molar-refractivity contribution in [1.29, 1.82) is 0 Å². The summed E-state index contributed by atoms with van der Waals surface area (Å²) < 4.78 is 4.85. The molecule has 9 heteroatoms. The van der Waals surface area contributed by atoms with Crippen LogP contribution in [0.1, 0.15) is 19.8 Å². The highest BCUT2D eigenvalue weighted by molar-refractivity contribution is 6.30. The van der Waals surface area contributed by atoms with Crippen LogP contribution < -0.4 is 10.6 Å². The van der Waals surface area contributed by atoms with Gasteiger partial charge in [0.15, 0.2) is 6.61 Å². The van der Waals surface area contributed by atoms with Gasteiger partial charge in [0, 0.05) is 10.7 Å². The Bertz CT molecular complexity index is 779. The third-order valence-electron chi connectivity index (χ3n) is 4.45. The number of hydrogen-bond acceptors (Lipinski definition) is 5. The van der Waals surface area contributed by atoms with Gasteiger partial charge in [0.25, 0.3) is 11.8 Å². The molecule has 3 rings (SSSR count). The molecule has 26 heavy (non-hydrogen) atoms. The Morgan fingerprint density at radius 2 is 2.12 bits per heavy atom. The monoisotopic (exact) mass is 379 g/mol. The number of imide groups is 1. The van der Waals surface area contributed by atoms with E-state index >= 15 is 0 Å². The Hall–Kier alpha value is -2.61. The van der Waals surface area contributed by atoms with Gasteiger partial charge in [-0.1, -0.05) is 17.7 Å². The molecule has 0 unspecified atom stereocenters. The molecule has 8 nitrogen and oxygen atoms in total. The van der Waals surface area contributed by atoms with Crippen molar-refractivity contribution in [2.24, 2.45) is 5.92 Å². The van der Waals surface area contributed by atoms with Gasteiger partial charge in [-0.2, -0.15) is 0 Å². The predicted octanol–water partition coefficient (Wildman–Crippen LogP) is 1.54. The Morgan fingerprint density at radius 3 is 2.77 bits per heavy atom. The molecule has 1 aromatic rings. The van der Waals surface area contributed by atoms with Crippen LogP contribution in [0.2, 0.25) is 5.02 Å². The zero-order chi connectivity index (χ0) is 18.9. The molecule has 1 atom stereocenters. The average molecular weight is 380 g/mol. The highest BCUT2D eigenvalue weighted by Gasteiger charge is 2.56. The molecule has 0 radical (unpaired) electrons. The van der Waals surface area contributed by atoms with E-state index in [4.69, 9.17) is 16.3 Å². The minimum atomic E-state index is -0.957. The zero-order valence-corrected chi connectivity index (χ0v) is 14.8. The van der Waals surface area contributed by atoms with Crippen molar-refractivity contribution in [3.63, 3.8) is 0 Å². The number of hydrogen-bond donors (Lipinski definition) is 2. The molecule has 4 amide bonds. The first-order valence-corrected chi connectivity index (χ1v) is 8.52. The van der Waals surface area contributed by atoms with Crippen LogP contribution in [0.5, 0.6) is 0 Å². The smallest absolute Gasteiger partial charge is 0.326 e. The predicted molar refractivity (Wildman–Crippen MR) is 92.4 cm³/mol. The fourth-order valence-corrected chi connectivity index (χ4v) is 3.07. The molecule has 138 valence electrons. The summed E-state index contributed by atoms with van der Waals surface area (Å²) in [5, 5.41) is 5.62. The van der Waals surface area contributed by atoms with E-state index in [0.717, 1.165) is 17.7 Å². The van der Waals surface area contributed by atoms with E-state index in [-0.39, 0.29) is 5.92 Å². The number of halogens is 1. The fourth-order valence-electron chi connectivity index (χ4n) is 2.88. The van der Waals surface area contributed by atoms with E-state index in [1.165, 1.54) is 0 Å². The van der Waals surface area contributed by atoms with Crippen LogP contribution in [-0.4, -0.2) is 47.4 Å². The number of nitrogens with zero attached hydrogens (tertiary/aromatic N) is 1. The lowest BCUT2D eigenvalue weighted by Gasteiger charge is -2.20. The lowest BCUT2D eigenvalue weighted by Crippen LogP contribution is -2.46. The maximum absolute atomic E-state index is 12.4. The molecule has 0 aromatic heterocycles. The van der Waals surface area contributed by atoms with Gasteiger partial charge in [-0.3, -0.25) is 19.3 Å². The molecule has 1 aliphatic heterocycles. The second-order valence-corrected chi connectivity index (χ2v) is 6.95. The van der Waals surface area contributed by atoms with Crippen LogP contribution in [0.15, 0.2) is 24.3 Å². The minimum absolute atomic E-state index is 0.100. The number of nitrogens with one attached hydrogen (secondary N) is 2. The van der Waals surface area contributed by atoms with Gasteiger partial charge in [0.05, 0.1) is 0 Å². The molecule has 0 bridgehead atoms. The first kappa shape index (κ1) is 18.2. The van der Waals surface area contributed by atoms with Gasteiger partial charge in [-0.15, -0.1) is 0 Å². The molecular formula is C17H18ClN3O5. The Morgan fingerprint density at radius 1 is 1.38 bits per heavy atom. The van der Waals surface area contributed by atoms with Crippen molar-refractivity contribution in [3.05, 3.63) is 29.3 Å². The maximum Gasteiger partial charge on any atom is 0.326 e. The molecular weight excluding hydrogens is 362 g/mol. The standard InChI is InChI=1S/C17H18ClN3O5/c1-17(10-5-6-10)15(24)21(16(25)20-17)8-14(23)26-9-13(22)19-12-4-2-3-11(18)7-12/h2-4,7,10H,5-6,8-9H2,1H3,(H,19,22)(H,20,25)/t17-/m1/s1. The summed E-state index contributed by atoms with van der Waals surface area (Å²) in [5.74, 6) is -1.73. The summed E-state index contributed by atoms with van der Waals surface area (Å²) in [5.41, 5.74) is -0.491. The van der Waals surface area contributed by atoms with Crippen molar-refractivity contribution in [3.8, 4) is 0 Å². The van der Waals surface area contributed by atoms with Gasteiger partial charge in [0.1, 0.15) is 12.1 Å². The second-order valence-electron chi connectivity index (χ2n) is 6.52. The third kappa shape index (κ3) is 3.80. The highest BCUT2D eigenvalue weighted by atomic mass is 35.5. The number of ether oxygens (including phenoxy) is 1. The minimum Gasteiger partial charge on any atom is -0.454 e. The van der Waals surface area contributed by atoms with Crippen LogP contribution in [0, 0.1) is 5.92 Å². The van der Waals surface area contributed by atoms with Crippen molar-refractivity contribution in [2.45, 2.75) is 25.3 Å². The number of carbonyl (C=O) groups excluding carboxylic acids is 4. The van der Waals surface area contributed by atoms with Gasteiger partial charge < -0.3 is 15.4 Å². The summed E-state index contributed by atoms with van der Waals surface area (Å²) in [6, 6.07) is 5.89. The number of rotatable bonds is 6. The number of urea groups is 1. The number of carbonyl (C=O) groups is 4. The van der Waals surface area contributed by atoms with Crippen molar-refractivity contribution in [1.82, 2.24) is 10.2 Å². The Labute approximate surface area is 154 Å². The second kappa shape index (κ2) is 6.95. The lowest BCUT2D eigenvalue weighted by atomic mass is 9.96. The first-order chi connectivity index (χ1) is 12.3. The summed E-state index contributed by atoms with van der Waals surface area (Å²) in [4.78, 5) is 48.9. The number of esters is 1. The van der Waals surface area contributed by atoms with Crippen LogP contribution >= 0.6 is 11.6 Å². The van der Waals surface area contributed by atoms with Gasteiger partial charge in [0.2, 0.25) is 0 Å². The van der Waals surface area contributed by atoms with Crippen LogP contribution in [0.4, 0.5) is 10.5 Å². The van der Waals surface area contributed by atoms with E-state index < -0.39 is 42.5 Å². The third-order valence-corrected chi connectivity index (χ3v) is 4.69. The van der Waals surface area contributed by atoms with E-state index in [1.54, 1.807) is 31.2 Å². The summed E-state index contributed by atoms with van der Waals surface area (Å²) in [6.45, 7) is 0.598. The Kier molecular flexibility index (Phi) is 4.86. The molecule has 1 heterocycles. The Balaban J connectivity index is 1.49. The molecule has 1 aromatic carbocycles. The quantitative estimate of drug-likeness (QED) is 0.576. The SMILES string of the molecule is C[C@]1(C2CC2)NC(=O)N(CC(=O)OCC(=O)Nc2cccc(Cl)c2)C1=O. The average Bonchev–Trinajstić information content (AvgIpc) is 3.39. The number of benzene rings is 1. The van der Waals surface area contributed by atoms with Gasteiger partial charge in [-0.25, -0.2) is 4.79 Å². The molecule has 1 saturated carbocycles. The molecule has 0 spiro atoms. The van der Waals surface area contributed by atoms with Crippen LogP contribution in [0.3, 0.4) is 0 Å². The lowest BCUT2D eigenvalue weighted by molar-refractivity contribution is -0.150. The van der Waals surface area contributed by atoms with Gasteiger partial charge >= 0.3 is 12.0 Å². The van der Waals surface area contributed by atoms with E-state index in [9.17, 15) is 19.2 Å². The maximum atomic E-state index is 12.4. The first-order valence-electron chi connectivity index (χ1n) is 8.15. The summed E-state index contributed by atoms with van der Waals surface area (Å²) in [7, 11) is 0. The van der Waals surface area contributed by atoms with Crippen molar-refractivity contribution < 1.29 is 23.9 Å². The molecule has 1 aliphatic carbocycles. The van der Waals surface area contributed by atoms with E-state index in [0.29, 0.717) is 10.7 Å². The number of amides is 4. The fraction of sp³-hybridized carbons (Fsp3) is 0.412. The van der Waals surface area contributed by atoms with Crippen LogP contribution in [-0.2, 0) is 19.1 Å². The summed E-state index contributed by atoms with van der Waals surface area (Å²) in [6.07, 6.45) is 1.73. The number of anilines is 1. The molecule has 2 aliphatic rings. The largest absolute Gasteiger partial charge is 0.454 e. The topological polar surface area (TPSA) is 105 Å².